The largest absolute Gasteiger partial charge is 0.508 e. The Bertz CT molecular complexity index is 942. The molecule has 3 rings (SSSR count). The highest BCUT2D eigenvalue weighted by molar-refractivity contribution is 8.15. The van der Waals surface area contributed by atoms with Crippen molar-refractivity contribution in [1.29, 1.82) is 0 Å². The predicted molar refractivity (Wildman–Crippen MR) is 106 cm³/mol. The second-order valence-electron chi connectivity index (χ2n) is 6.59. The van der Waals surface area contributed by atoms with E-state index in [2.05, 4.69) is 5.32 Å². The van der Waals surface area contributed by atoms with Crippen molar-refractivity contribution in [3.63, 3.8) is 0 Å². The Morgan fingerprint density at radius 2 is 1.85 bits per heavy atom. The van der Waals surface area contributed by atoms with Crippen LogP contribution in [-0.2, 0) is 9.59 Å². The molecule has 1 saturated heterocycles. The van der Waals surface area contributed by atoms with Crippen LogP contribution in [0.15, 0.2) is 36.4 Å². The third-order valence-corrected chi connectivity index (χ3v) is 5.41. The van der Waals surface area contributed by atoms with Crippen LogP contribution in [0, 0.1) is 20.8 Å². The van der Waals surface area contributed by atoms with Gasteiger partial charge in [-0.05, 0) is 67.9 Å². The zero-order valence-electron chi connectivity index (χ0n) is 15.3. The fraction of sp³-hybridized carbons (Fsp3) is 0.250. The van der Waals surface area contributed by atoms with Crippen molar-refractivity contribution >= 4 is 40.2 Å². The third-order valence-electron chi connectivity index (χ3n) is 4.37. The summed E-state index contributed by atoms with van der Waals surface area (Å²) in [4.78, 5) is 38.6. The molecule has 6 nitrogen and oxygen atoms in total. The summed E-state index contributed by atoms with van der Waals surface area (Å²) >= 11 is 0.872. The highest BCUT2D eigenvalue weighted by atomic mass is 32.2. The van der Waals surface area contributed by atoms with E-state index in [-0.39, 0.29) is 29.2 Å². The number of benzene rings is 2. The fourth-order valence-electron chi connectivity index (χ4n) is 3.02. The number of thioether (sulfide) groups is 1. The molecule has 1 heterocycles. The number of aromatic hydroxyl groups is 1. The molecule has 1 unspecified atom stereocenters. The maximum absolute atomic E-state index is 12.7. The Hall–Kier alpha value is -2.80. The summed E-state index contributed by atoms with van der Waals surface area (Å²) in [5, 5.41) is 11.0. The molecular formula is C20H20N2O4S. The van der Waals surface area contributed by atoms with E-state index in [1.54, 1.807) is 19.1 Å². The number of hydrogen-bond donors (Lipinski definition) is 2. The molecule has 7 heteroatoms. The summed E-state index contributed by atoms with van der Waals surface area (Å²) in [6.45, 7) is 5.55. The normalized spacial score (nSPS) is 16.7. The lowest BCUT2D eigenvalue weighted by molar-refractivity contribution is -0.121. The maximum atomic E-state index is 12.7. The van der Waals surface area contributed by atoms with Gasteiger partial charge < -0.3 is 10.4 Å². The Labute approximate surface area is 161 Å². The average Bonchev–Trinajstić information content (AvgIpc) is 2.85. The van der Waals surface area contributed by atoms with E-state index in [4.69, 9.17) is 0 Å². The molecule has 140 valence electrons. The summed E-state index contributed by atoms with van der Waals surface area (Å²) in [7, 11) is 0. The van der Waals surface area contributed by atoms with E-state index >= 15 is 0 Å². The van der Waals surface area contributed by atoms with Crippen LogP contribution < -0.4 is 10.2 Å². The summed E-state index contributed by atoms with van der Waals surface area (Å²) in [5.74, 6) is -0.624. The van der Waals surface area contributed by atoms with Gasteiger partial charge in [-0.3, -0.25) is 14.4 Å². The first-order chi connectivity index (χ1) is 12.8. The van der Waals surface area contributed by atoms with Gasteiger partial charge in [0.05, 0.1) is 5.69 Å². The molecule has 0 aromatic heterocycles. The molecule has 2 aromatic rings. The molecule has 0 bridgehead atoms. The number of phenols is 1. The van der Waals surface area contributed by atoms with Crippen LogP contribution in [0.1, 0.15) is 23.1 Å². The number of hydrogen-bond acceptors (Lipinski definition) is 5. The van der Waals surface area contributed by atoms with Gasteiger partial charge in [-0.1, -0.05) is 17.7 Å². The summed E-state index contributed by atoms with van der Waals surface area (Å²) in [5.41, 5.74) is 3.71. The number of rotatable bonds is 4. The number of phenolic OH excluding ortho intramolecular Hbond substituents is 1. The van der Waals surface area contributed by atoms with E-state index in [0.29, 0.717) is 16.9 Å². The third kappa shape index (κ3) is 3.98. The van der Waals surface area contributed by atoms with Crippen LogP contribution in [0.3, 0.4) is 0 Å². The molecule has 1 aliphatic rings. The van der Waals surface area contributed by atoms with Gasteiger partial charge in [0.15, 0.2) is 0 Å². The van der Waals surface area contributed by atoms with Crippen LogP contribution in [0.2, 0.25) is 0 Å². The number of carbonyl (C=O) groups excluding carboxylic acids is 3. The molecule has 0 saturated carbocycles. The molecule has 2 N–H and O–H groups in total. The van der Waals surface area contributed by atoms with Crippen LogP contribution in [0.5, 0.6) is 5.75 Å². The molecule has 0 radical (unpaired) electrons. The van der Waals surface area contributed by atoms with Gasteiger partial charge >= 0.3 is 0 Å². The SMILES string of the molecule is Cc1ccc(N2C(=O)SC(CC(=O)Nc3ccc(O)cc3C)C2=O)c(C)c1. The lowest BCUT2D eigenvalue weighted by Gasteiger charge is -2.17. The Kier molecular flexibility index (Phi) is 5.23. The Balaban J connectivity index is 1.72. The van der Waals surface area contributed by atoms with Gasteiger partial charge in [-0.2, -0.15) is 0 Å². The minimum atomic E-state index is -0.754. The van der Waals surface area contributed by atoms with E-state index < -0.39 is 5.25 Å². The number of imide groups is 1. The monoisotopic (exact) mass is 384 g/mol. The van der Waals surface area contributed by atoms with Crippen LogP contribution in [0.4, 0.5) is 16.2 Å². The number of anilines is 2. The zero-order chi connectivity index (χ0) is 19.7. The topological polar surface area (TPSA) is 86.7 Å². The predicted octanol–water partition coefficient (Wildman–Crippen LogP) is 3.91. The van der Waals surface area contributed by atoms with Gasteiger partial charge in [-0.25, -0.2) is 4.90 Å². The van der Waals surface area contributed by atoms with Crippen LogP contribution in [0.25, 0.3) is 0 Å². The zero-order valence-corrected chi connectivity index (χ0v) is 16.1. The first kappa shape index (κ1) is 19.0. The lowest BCUT2D eigenvalue weighted by atomic mass is 10.1. The van der Waals surface area contributed by atoms with Crippen molar-refractivity contribution in [2.45, 2.75) is 32.4 Å². The first-order valence-corrected chi connectivity index (χ1v) is 9.35. The second kappa shape index (κ2) is 7.44. The quantitative estimate of drug-likeness (QED) is 0.781. The summed E-state index contributed by atoms with van der Waals surface area (Å²) in [6, 6.07) is 10.1. The fourth-order valence-corrected chi connectivity index (χ4v) is 4.00. The van der Waals surface area contributed by atoms with Crippen LogP contribution >= 0.6 is 11.8 Å². The average molecular weight is 384 g/mol. The van der Waals surface area contributed by atoms with Gasteiger partial charge in [0.1, 0.15) is 11.0 Å². The van der Waals surface area contributed by atoms with Gasteiger partial charge in [0, 0.05) is 12.1 Å². The first-order valence-electron chi connectivity index (χ1n) is 8.47. The number of aryl methyl sites for hydroxylation is 3. The van der Waals surface area contributed by atoms with Crippen LogP contribution in [-0.4, -0.2) is 27.4 Å². The molecule has 0 aliphatic carbocycles. The molecule has 27 heavy (non-hydrogen) atoms. The Morgan fingerprint density at radius 1 is 1.11 bits per heavy atom. The van der Waals surface area contributed by atoms with E-state index in [1.165, 1.54) is 12.1 Å². The van der Waals surface area contributed by atoms with E-state index in [9.17, 15) is 19.5 Å². The van der Waals surface area contributed by atoms with Gasteiger partial charge in [0.2, 0.25) is 11.8 Å². The smallest absolute Gasteiger partial charge is 0.293 e. The van der Waals surface area contributed by atoms with Crippen molar-refractivity contribution < 1.29 is 19.5 Å². The van der Waals surface area contributed by atoms with Gasteiger partial charge in [-0.15, -0.1) is 0 Å². The highest BCUT2D eigenvalue weighted by Gasteiger charge is 2.42. The lowest BCUT2D eigenvalue weighted by Crippen LogP contribution is -2.33. The molecule has 1 aliphatic heterocycles. The molecular weight excluding hydrogens is 364 g/mol. The molecule has 1 atom stereocenters. The second-order valence-corrected chi connectivity index (χ2v) is 7.74. The van der Waals surface area contributed by atoms with E-state index in [1.807, 2.05) is 26.0 Å². The van der Waals surface area contributed by atoms with Crippen molar-refractivity contribution in [1.82, 2.24) is 0 Å². The highest BCUT2D eigenvalue weighted by Crippen LogP contribution is 2.35. The molecule has 1 fully saturated rings. The minimum absolute atomic E-state index is 0.100. The van der Waals surface area contributed by atoms with E-state index in [0.717, 1.165) is 27.8 Å². The number of amides is 3. The molecule has 0 spiro atoms. The number of nitrogens with zero attached hydrogens (tertiary/aromatic N) is 1. The number of nitrogens with one attached hydrogen (secondary N) is 1. The molecule has 2 aromatic carbocycles. The van der Waals surface area contributed by atoms with Gasteiger partial charge in [0.25, 0.3) is 5.24 Å². The summed E-state index contributed by atoms with van der Waals surface area (Å²) in [6.07, 6.45) is -0.100. The standard InChI is InChI=1S/C20H20N2O4S/c1-11-4-7-16(13(3)8-11)22-19(25)17(27-20(22)26)10-18(24)21-15-6-5-14(23)9-12(15)2/h4-9,17,23H,10H2,1-3H3,(H,21,24). The van der Waals surface area contributed by atoms with Crippen molar-refractivity contribution in [3.05, 3.63) is 53.1 Å². The van der Waals surface area contributed by atoms with Crippen molar-refractivity contribution in [3.8, 4) is 5.75 Å². The Morgan fingerprint density at radius 3 is 2.52 bits per heavy atom. The minimum Gasteiger partial charge on any atom is -0.508 e. The van der Waals surface area contributed by atoms with Crippen molar-refractivity contribution in [2.75, 3.05) is 10.2 Å². The maximum Gasteiger partial charge on any atom is 0.293 e. The number of carbonyl (C=O) groups is 3. The molecule has 3 amide bonds. The van der Waals surface area contributed by atoms with Crippen molar-refractivity contribution in [2.24, 2.45) is 0 Å². The summed E-state index contributed by atoms with van der Waals surface area (Å²) < 4.78 is 0.